The second-order valence-corrected chi connectivity index (χ2v) is 8.70. The van der Waals surface area contributed by atoms with Gasteiger partial charge in [0, 0.05) is 36.7 Å². The number of benzene rings is 1. The highest BCUT2D eigenvalue weighted by atomic mass is 32.1. The molecule has 3 rings (SSSR count). The van der Waals surface area contributed by atoms with Crippen molar-refractivity contribution in [3.63, 3.8) is 0 Å². The quantitative estimate of drug-likeness (QED) is 0.625. The van der Waals surface area contributed by atoms with Gasteiger partial charge in [-0.1, -0.05) is 38.1 Å². The van der Waals surface area contributed by atoms with E-state index in [2.05, 4.69) is 19.2 Å². The van der Waals surface area contributed by atoms with Gasteiger partial charge in [0.1, 0.15) is 0 Å². The Morgan fingerprint density at radius 2 is 2.03 bits per heavy atom. The minimum absolute atomic E-state index is 0.00750. The number of thiophene rings is 1. The summed E-state index contributed by atoms with van der Waals surface area (Å²) in [6.45, 7) is 8.64. The number of hydrogen-bond donors (Lipinski definition) is 1. The molecule has 0 radical (unpaired) electrons. The van der Waals surface area contributed by atoms with E-state index in [9.17, 15) is 9.59 Å². The van der Waals surface area contributed by atoms with Crippen molar-refractivity contribution >= 4 is 23.2 Å². The second-order valence-electron chi connectivity index (χ2n) is 7.72. The van der Waals surface area contributed by atoms with Crippen LogP contribution in [0.3, 0.4) is 0 Å². The molecule has 0 spiro atoms. The lowest BCUT2D eigenvalue weighted by molar-refractivity contribution is -0.124. The first-order valence-corrected chi connectivity index (χ1v) is 11.2. The first-order valence-electron chi connectivity index (χ1n) is 10.3. The van der Waals surface area contributed by atoms with Crippen molar-refractivity contribution in [1.29, 1.82) is 0 Å². The van der Waals surface area contributed by atoms with Crippen molar-refractivity contribution < 1.29 is 14.3 Å². The van der Waals surface area contributed by atoms with E-state index in [0.29, 0.717) is 37.8 Å². The molecule has 2 atom stereocenters. The molecule has 0 bridgehead atoms. The number of amides is 2. The third kappa shape index (κ3) is 4.87. The molecule has 1 aliphatic rings. The molecular formula is C23H30N2O3S. The Bertz CT molecular complexity index is 819. The SMILES string of the molecule is CCOCCCNC(=O)[C@@H]1c2ccccc2C(=O)N(CC(C)C)[C@H]1c1cccs1. The first kappa shape index (κ1) is 21.5. The van der Waals surface area contributed by atoms with E-state index in [1.165, 1.54) is 0 Å². The molecule has 156 valence electrons. The van der Waals surface area contributed by atoms with E-state index in [-0.39, 0.29) is 17.9 Å². The molecule has 2 heterocycles. The summed E-state index contributed by atoms with van der Waals surface area (Å²) in [5, 5.41) is 5.09. The van der Waals surface area contributed by atoms with Gasteiger partial charge in [-0.2, -0.15) is 0 Å². The fraction of sp³-hybridized carbons (Fsp3) is 0.478. The average Bonchev–Trinajstić information content (AvgIpc) is 3.23. The number of fused-ring (bicyclic) bond motifs is 1. The largest absolute Gasteiger partial charge is 0.382 e. The Morgan fingerprint density at radius 3 is 2.72 bits per heavy atom. The van der Waals surface area contributed by atoms with Crippen molar-refractivity contribution in [2.45, 2.75) is 39.2 Å². The van der Waals surface area contributed by atoms with E-state index >= 15 is 0 Å². The van der Waals surface area contributed by atoms with E-state index in [1.807, 2.05) is 53.6 Å². The molecule has 2 aromatic rings. The molecule has 5 nitrogen and oxygen atoms in total. The molecule has 0 aliphatic carbocycles. The maximum atomic E-state index is 13.4. The summed E-state index contributed by atoms with van der Waals surface area (Å²) in [6, 6.07) is 11.3. The third-order valence-corrected chi connectivity index (χ3v) is 6.03. The third-order valence-electron chi connectivity index (χ3n) is 5.09. The first-order chi connectivity index (χ1) is 14.0. The molecule has 1 aromatic heterocycles. The normalized spacial score (nSPS) is 18.8. The maximum Gasteiger partial charge on any atom is 0.254 e. The summed E-state index contributed by atoms with van der Waals surface area (Å²) in [5.41, 5.74) is 1.45. The Hall–Kier alpha value is -2.18. The Labute approximate surface area is 177 Å². The van der Waals surface area contributed by atoms with Crippen molar-refractivity contribution in [1.82, 2.24) is 10.2 Å². The molecule has 0 saturated carbocycles. The summed E-state index contributed by atoms with van der Waals surface area (Å²) in [6.07, 6.45) is 0.770. The van der Waals surface area contributed by atoms with E-state index in [1.54, 1.807) is 11.3 Å². The van der Waals surface area contributed by atoms with Crippen molar-refractivity contribution in [3.8, 4) is 0 Å². The number of ether oxygens (including phenoxy) is 1. The summed E-state index contributed by atoms with van der Waals surface area (Å²) < 4.78 is 5.37. The topological polar surface area (TPSA) is 58.6 Å². The number of rotatable bonds is 9. The highest BCUT2D eigenvalue weighted by molar-refractivity contribution is 7.10. The van der Waals surface area contributed by atoms with Crippen LogP contribution in [0.2, 0.25) is 0 Å². The van der Waals surface area contributed by atoms with Gasteiger partial charge in [-0.3, -0.25) is 9.59 Å². The highest BCUT2D eigenvalue weighted by Crippen LogP contribution is 2.44. The van der Waals surface area contributed by atoms with Gasteiger partial charge in [0.05, 0.1) is 12.0 Å². The van der Waals surface area contributed by atoms with Crippen molar-refractivity contribution in [2.75, 3.05) is 26.3 Å². The summed E-state index contributed by atoms with van der Waals surface area (Å²) in [4.78, 5) is 29.6. The van der Waals surface area contributed by atoms with Crippen LogP contribution < -0.4 is 5.32 Å². The fourth-order valence-electron chi connectivity index (χ4n) is 3.89. The summed E-state index contributed by atoms with van der Waals surface area (Å²) in [5.74, 6) is -0.142. The lowest BCUT2D eigenvalue weighted by Crippen LogP contribution is -2.48. The summed E-state index contributed by atoms with van der Waals surface area (Å²) in [7, 11) is 0. The smallest absolute Gasteiger partial charge is 0.254 e. The molecule has 2 amide bonds. The van der Waals surface area contributed by atoms with Gasteiger partial charge in [0.15, 0.2) is 0 Å². The van der Waals surface area contributed by atoms with Crippen molar-refractivity contribution in [2.24, 2.45) is 5.92 Å². The zero-order valence-corrected chi connectivity index (χ0v) is 18.2. The number of hydrogen-bond acceptors (Lipinski definition) is 4. The molecule has 0 saturated heterocycles. The Balaban J connectivity index is 1.95. The van der Waals surface area contributed by atoms with Crippen LogP contribution in [-0.2, 0) is 9.53 Å². The Kier molecular flexibility index (Phi) is 7.45. The van der Waals surface area contributed by atoms with E-state index < -0.39 is 5.92 Å². The molecule has 0 fully saturated rings. The molecule has 6 heteroatoms. The van der Waals surface area contributed by atoms with Gasteiger partial charge in [-0.05, 0) is 42.3 Å². The lowest BCUT2D eigenvalue weighted by atomic mass is 9.81. The average molecular weight is 415 g/mol. The van der Waals surface area contributed by atoms with Gasteiger partial charge < -0.3 is 15.0 Å². The van der Waals surface area contributed by atoms with Crippen LogP contribution in [-0.4, -0.2) is 43.0 Å². The van der Waals surface area contributed by atoms with Gasteiger partial charge in [-0.15, -0.1) is 11.3 Å². The highest BCUT2D eigenvalue weighted by Gasteiger charge is 2.44. The molecular weight excluding hydrogens is 384 g/mol. The number of nitrogens with one attached hydrogen (secondary N) is 1. The zero-order valence-electron chi connectivity index (χ0n) is 17.4. The van der Waals surface area contributed by atoms with Crippen molar-refractivity contribution in [3.05, 3.63) is 57.8 Å². The van der Waals surface area contributed by atoms with Crippen LogP contribution in [0.1, 0.15) is 60.0 Å². The minimum Gasteiger partial charge on any atom is -0.382 e. The second kappa shape index (κ2) is 10.0. The van der Waals surface area contributed by atoms with Gasteiger partial charge in [0.2, 0.25) is 5.91 Å². The van der Waals surface area contributed by atoms with Crippen LogP contribution in [0.5, 0.6) is 0 Å². The molecule has 29 heavy (non-hydrogen) atoms. The molecule has 1 N–H and O–H groups in total. The van der Waals surface area contributed by atoms with E-state index in [0.717, 1.165) is 16.9 Å². The minimum atomic E-state index is -0.423. The monoisotopic (exact) mass is 414 g/mol. The van der Waals surface area contributed by atoms with Gasteiger partial charge in [-0.25, -0.2) is 0 Å². The number of carbonyl (C=O) groups is 2. The predicted octanol–water partition coefficient (Wildman–Crippen LogP) is 4.23. The van der Waals surface area contributed by atoms with E-state index in [4.69, 9.17) is 4.74 Å². The molecule has 0 unspecified atom stereocenters. The summed E-state index contributed by atoms with van der Waals surface area (Å²) >= 11 is 1.60. The Morgan fingerprint density at radius 1 is 1.24 bits per heavy atom. The van der Waals surface area contributed by atoms with Gasteiger partial charge in [0.25, 0.3) is 5.91 Å². The lowest BCUT2D eigenvalue weighted by Gasteiger charge is -2.42. The number of carbonyl (C=O) groups excluding carboxylic acids is 2. The fourth-order valence-corrected chi connectivity index (χ4v) is 4.76. The predicted molar refractivity (Wildman–Crippen MR) is 116 cm³/mol. The molecule has 1 aromatic carbocycles. The standard InChI is InChI=1S/C23H30N2O3S/c1-4-28-13-8-12-24-22(26)20-17-9-5-6-10-18(17)23(27)25(15-16(2)3)21(20)19-11-7-14-29-19/h5-7,9-11,14,16,20-21H,4,8,12-13,15H2,1-3H3,(H,24,26)/t20-,21+/m1/s1. The molecule has 1 aliphatic heterocycles. The van der Waals surface area contributed by atoms with Crippen LogP contribution in [0.4, 0.5) is 0 Å². The van der Waals surface area contributed by atoms with Crippen LogP contribution >= 0.6 is 11.3 Å². The maximum absolute atomic E-state index is 13.4. The van der Waals surface area contributed by atoms with Crippen LogP contribution in [0.15, 0.2) is 41.8 Å². The zero-order chi connectivity index (χ0) is 20.8. The van der Waals surface area contributed by atoms with Crippen LogP contribution in [0, 0.1) is 5.92 Å². The van der Waals surface area contributed by atoms with Gasteiger partial charge >= 0.3 is 0 Å². The van der Waals surface area contributed by atoms with Crippen LogP contribution in [0.25, 0.3) is 0 Å². The number of nitrogens with zero attached hydrogens (tertiary/aromatic N) is 1.